The second kappa shape index (κ2) is 5.35. The van der Waals surface area contributed by atoms with Gasteiger partial charge in [0.2, 0.25) is 0 Å². The Morgan fingerprint density at radius 1 is 1.29 bits per heavy atom. The van der Waals surface area contributed by atoms with Crippen LogP contribution in [0.1, 0.15) is 18.1 Å². The van der Waals surface area contributed by atoms with Gasteiger partial charge in [-0.1, -0.05) is 6.92 Å². The van der Waals surface area contributed by atoms with Crippen LogP contribution in [0.25, 0.3) is 0 Å². The van der Waals surface area contributed by atoms with Crippen molar-refractivity contribution in [2.24, 2.45) is 0 Å². The lowest BCUT2D eigenvalue weighted by atomic mass is 10.0. The van der Waals surface area contributed by atoms with Crippen LogP contribution in [0.2, 0.25) is 0 Å². The smallest absolute Gasteiger partial charge is 0.416 e. The van der Waals surface area contributed by atoms with Gasteiger partial charge in [-0.25, -0.2) is 4.39 Å². The lowest BCUT2D eigenvalue weighted by Gasteiger charge is -2.16. The molecule has 0 amide bonds. The highest BCUT2D eigenvalue weighted by Crippen LogP contribution is 2.38. The van der Waals surface area contributed by atoms with E-state index in [1.165, 1.54) is 14.0 Å². The zero-order valence-electron chi connectivity index (χ0n) is 9.27. The molecule has 0 aliphatic heterocycles. The minimum atomic E-state index is -4.55. The van der Waals surface area contributed by atoms with Gasteiger partial charge in [-0.05, 0) is 18.6 Å². The Kier molecular flexibility index (Phi) is 4.34. The molecule has 95 valence electrons. The molecule has 0 saturated heterocycles. The second-order valence-electron chi connectivity index (χ2n) is 3.18. The monoisotopic (exact) mass is 251 g/mol. The van der Waals surface area contributed by atoms with E-state index in [-0.39, 0.29) is 12.4 Å². The van der Waals surface area contributed by atoms with E-state index in [0.717, 1.165) is 12.5 Å². The van der Waals surface area contributed by atoms with E-state index in [0.29, 0.717) is 6.07 Å². The molecular weight excluding hydrogens is 240 g/mol. The van der Waals surface area contributed by atoms with Crippen molar-refractivity contribution in [1.29, 1.82) is 0 Å². The molecule has 0 unspecified atom stereocenters. The number of halogens is 4. The van der Waals surface area contributed by atoms with Crippen LogP contribution in [0.5, 0.6) is 5.75 Å². The molecule has 1 rings (SSSR count). The average Bonchev–Trinajstić information content (AvgIpc) is 2.25. The Labute approximate surface area is 96.1 Å². The number of ether oxygens (including phenoxy) is 2. The minimum Gasteiger partial charge on any atom is -0.464 e. The fourth-order valence-corrected chi connectivity index (χ4v) is 1.37. The number of methoxy groups -OCH3 is 1. The SMILES string of the molecule is C[CH]c1c(C(F)(F)F)ccc(F)c1OCOC. The zero-order valence-corrected chi connectivity index (χ0v) is 9.27. The molecule has 1 radical (unpaired) electrons. The van der Waals surface area contributed by atoms with Crippen LogP contribution in [-0.2, 0) is 10.9 Å². The molecule has 0 saturated carbocycles. The van der Waals surface area contributed by atoms with Gasteiger partial charge in [-0.15, -0.1) is 0 Å². The third-order valence-corrected chi connectivity index (χ3v) is 2.06. The highest BCUT2D eigenvalue weighted by atomic mass is 19.4. The highest BCUT2D eigenvalue weighted by Gasteiger charge is 2.35. The number of benzene rings is 1. The molecule has 0 heterocycles. The maximum atomic E-state index is 13.4. The summed E-state index contributed by atoms with van der Waals surface area (Å²) >= 11 is 0. The standard InChI is InChI=1S/C11H11F4O2/c1-3-7-8(11(13,14)15)4-5-9(12)10(7)17-6-16-2/h3-5H,6H2,1-2H3. The van der Waals surface area contributed by atoms with Gasteiger partial charge in [0.15, 0.2) is 18.4 Å². The quantitative estimate of drug-likeness (QED) is 0.603. The summed E-state index contributed by atoms with van der Waals surface area (Å²) in [7, 11) is 1.29. The molecule has 2 nitrogen and oxygen atoms in total. The van der Waals surface area contributed by atoms with Crippen molar-refractivity contribution in [3.63, 3.8) is 0 Å². The number of hydrogen-bond acceptors (Lipinski definition) is 2. The molecule has 0 aromatic heterocycles. The summed E-state index contributed by atoms with van der Waals surface area (Å²) in [5, 5.41) is 0. The van der Waals surface area contributed by atoms with Gasteiger partial charge in [0.1, 0.15) is 0 Å². The Bertz CT molecular complexity index is 388. The van der Waals surface area contributed by atoms with Crippen molar-refractivity contribution in [3.05, 3.63) is 35.5 Å². The molecule has 1 aromatic rings. The predicted octanol–water partition coefficient (Wildman–Crippen LogP) is 3.40. The van der Waals surface area contributed by atoms with E-state index in [2.05, 4.69) is 4.74 Å². The van der Waals surface area contributed by atoms with E-state index in [1.807, 2.05) is 0 Å². The number of rotatable bonds is 4. The van der Waals surface area contributed by atoms with Crippen LogP contribution >= 0.6 is 0 Å². The zero-order chi connectivity index (χ0) is 13.1. The van der Waals surface area contributed by atoms with Gasteiger partial charge in [-0.2, -0.15) is 13.2 Å². The van der Waals surface area contributed by atoms with Crippen molar-refractivity contribution in [1.82, 2.24) is 0 Å². The van der Waals surface area contributed by atoms with Crippen LogP contribution in [0.15, 0.2) is 12.1 Å². The van der Waals surface area contributed by atoms with E-state index in [9.17, 15) is 17.6 Å². The molecule has 0 aliphatic rings. The van der Waals surface area contributed by atoms with Crippen molar-refractivity contribution < 1.29 is 27.0 Å². The predicted molar refractivity (Wildman–Crippen MR) is 53.0 cm³/mol. The maximum absolute atomic E-state index is 13.4. The van der Waals surface area contributed by atoms with Gasteiger partial charge >= 0.3 is 6.18 Å². The lowest BCUT2D eigenvalue weighted by molar-refractivity contribution is -0.138. The van der Waals surface area contributed by atoms with Crippen LogP contribution in [0, 0.1) is 12.2 Å². The Balaban J connectivity index is 3.26. The summed E-state index contributed by atoms with van der Waals surface area (Å²) in [6.07, 6.45) is -3.41. The van der Waals surface area contributed by atoms with E-state index in [4.69, 9.17) is 4.74 Å². The third kappa shape index (κ3) is 3.09. The summed E-state index contributed by atoms with van der Waals surface area (Å²) in [6, 6.07) is 1.41. The first kappa shape index (κ1) is 13.8. The van der Waals surface area contributed by atoms with Crippen LogP contribution in [0.3, 0.4) is 0 Å². The lowest BCUT2D eigenvalue weighted by Crippen LogP contribution is -2.12. The molecule has 17 heavy (non-hydrogen) atoms. The van der Waals surface area contributed by atoms with Gasteiger partial charge in [-0.3, -0.25) is 0 Å². The van der Waals surface area contributed by atoms with Gasteiger partial charge < -0.3 is 9.47 Å². The molecular formula is C11H11F4O2. The normalized spacial score (nSPS) is 11.6. The Morgan fingerprint density at radius 2 is 1.94 bits per heavy atom. The molecule has 0 N–H and O–H groups in total. The van der Waals surface area contributed by atoms with Crippen molar-refractivity contribution >= 4 is 0 Å². The largest absolute Gasteiger partial charge is 0.464 e. The summed E-state index contributed by atoms with van der Waals surface area (Å²) < 4.78 is 60.6. The molecule has 1 aromatic carbocycles. The van der Waals surface area contributed by atoms with Gasteiger partial charge in [0, 0.05) is 12.7 Å². The Morgan fingerprint density at radius 3 is 2.41 bits per heavy atom. The van der Waals surface area contributed by atoms with Gasteiger partial charge in [0.05, 0.1) is 5.56 Å². The molecule has 0 fully saturated rings. The molecule has 6 heteroatoms. The van der Waals surface area contributed by atoms with Crippen molar-refractivity contribution in [2.75, 3.05) is 13.9 Å². The second-order valence-corrected chi connectivity index (χ2v) is 3.18. The van der Waals surface area contributed by atoms with Crippen molar-refractivity contribution in [3.8, 4) is 5.75 Å². The number of hydrogen-bond donors (Lipinski definition) is 0. The topological polar surface area (TPSA) is 18.5 Å². The molecule has 0 aliphatic carbocycles. The van der Waals surface area contributed by atoms with Crippen LogP contribution < -0.4 is 4.74 Å². The van der Waals surface area contributed by atoms with E-state index in [1.54, 1.807) is 0 Å². The Hall–Kier alpha value is -1.30. The average molecular weight is 251 g/mol. The van der Waals surface area contributed by atoms with Gasteiger partial charge in [0.25, 0.3) is 0 Å². The molecule has 0 atom stereocenters. The third-order valence-electron chi connectivity index (χ3n) is 2.06. The molecule has 0 spiro atoms. The summed E-state index contributed by atoms with van der Waals surface area (Å²) in [5.41, 5.74) is -1.26. The van der Waals surface area contributed by atoms with E-state index < -0.39 is 23.3 Å². The summed E-state index contributed by atoms with van der Waals surface area (Å²) in [5.74, 6) is -1.31. The van der Waals surface area contributed by atoms with Crippen LogP contribution in [0.4, 0.5) is 17.6 Å². The first-order valence-electron chi connectivity index (χ1n) is 4.72. The van der Waals surface area contributed by atoms with Crippen molar-refractivity contribution in [2.45, 2.75) is 13.1 Å². The number of alkyl halides is 3. The summed E-state index contributed by atoms with van der Waals surface area (Å²) in [6.45, 7) is 1.06. The first-order chi connectivity index (χ1) is 7.91. The fourth-order valence-electron chi connectivity index (χ4n) is 1.37. The highest BCUT2D eigenvalue weighted by molar-refractivity contribution is 5.47. The van der Waals surface area contributed by atoms with Crippen LogP contribution in [-0.4, -0.2) is 13.9 Å². The molecule has 0 bridgehead atoms. The summed E-state index contributed by atoms with van der Waals surface area (Å²) in [4.78, 5) is 0. The minimum absolute atomic E-state index is 0.320. The fraction of sp³-hybridized carbons (Fsp3) is 0.364. The first-order valence-corrected chi connectivity index (χ1v) is 4.72. The maximum Gasteiger partial charge on any atom is 0.416 e. The van der Waals surface area contributed by atoms with E-state index >= 15 is 0 Å².